The minimum Gasteiger partial charge on any atom is -0.381 e. The smallest absolute Gasteiger partial charge is 0.381 e. The van der Waals surface area contributed by atoms with Crippen LogP contribution in [-0.4, -0.2) is 54.9 Å². The Balaban J connectivity index is 1.43. The molecule has 4 heterocycles. The number of halogens is 3. The van der Waals surface area contributed by atoms with Gasteiger partial charge in [0.15, 0.2) is 0 Å². The molecule has 4 aromatic rings. The largest absolute Gasteiger partial charge is 0.418 e. The summed E-state index contributed by atoms with van der Waals surface area (Å²) in [5.41, 5.74) is -0.1000. The number of methoxy groups -OCH3 is 1. The molecule has 212 valence electrons. The van der Waals surface area contributed by atoms with Crippen molar-refractivity contribution < 1.29 is 17.9 Å². The van der Waals surface area contributed by atoms with Crippen LogP contribution in [0.3, 0.4) is 0 Å². The van der Waals surface area contributed by atoms with E-state index in [1.807, 2.05) is 29.8 Å². The third kappa shape index (κ3) is 4.54. The fraction of sp³-hybridized carbons (Fsp3) is 0.483. The summed E-state index contributed by atoms with van der Waals surface area (Å²) in [5, 5.41) is 8.43. The average Bonchev–Trinajstić information content (AvgIpc) is 3.46. The summed E-state index contributed by atoms with van der Waals surface area (Å²) in [6.07, 6.45) is 3.45. The third-order valence-electron chi connectivity index (χ3n) is 8.58. The lowest BCUT2D eigenvalue weighted by Gasteiger charge is -2.46. The van der Waals surface area contributed by atoms with Crippen LogP contribution < -0.4 is 5.69 Å². The second kappa shape index (κ2) is 9.88. The van der Waals surface area contributed by atoms with Crippen molar-refractivity contribution in [3.63, 3.8) is 0 Å². The highest BCUT2D eigenvalue weighted by Crippen LogP contribution is 2.49. The molecule has 1 saturated heterocycles. The highest BCUT2D eigenvalue weighted by Gasteiger charge is 2.50. The Kier molecular flexibility index (Phi) is 6.61. The summed E-state index contributed by atoms with van der Waals surface area (Å²) < 4.78 is 52.6. The number of likely N-dealkylation sites (tertiary alicyclic amines) is 1. The van der Waals surface area contributed by atoms with Crippen LogP contribution in [0, 0.1) is 5.92 Å². The number of piperidine rings is 1. The van der Waals surface area contributed by atoms with Gasteiger partial charge in [0.1, 0.15) is 12.2 Å². The first-order valence-corrected chi connectivity index (χ1v) is 13.6. The fourth-order valence-corrected chi connectivity index (χ4v) is 6.53. The Morgan fingerprint density at radius 1 is 1.18 bits per heavy atom. The highest BCUT2D eigenvalue weighted by atomic mass is 19.4. The number of rotatable bonds is 6. The van der Waals surface area contributed by atoms with E-state index in [4.69, 9.17) is 4.74 Å². The first-order chi connectivity index (χ1) is 19.1. The van der Waals surface area contributed by atoms with Gasteiger partial charge in [-0.15, -0.1) is 10.2 Å². The number of aromatic nitrogens is 5. The van der Waals surface area contributed by atoms with Crippen LogP contribution in [0.2, 0.25) is 0 Å². The van der Waals surface area contributed by atoms with Gasteiger partial charge in [-0.3, -0.25) is 13.9 Å². The molecular formula is C29H33F3N6O2. The van der Waals surface area contributed by atoms with Gasteiger partial charge in [-0.05, 0) is 67.5 Å². The van der Waals surface area contributed by atoms with Gasteiger partial charge in [0.25, 0.3) is 0 Å². The molecule has 3 aromatic heterocycles. The van der Waals surface area contributed by atoms with E-state index in [9.17, 15) is 18.0 Å². The van der Waals surface area contributed by atoms with Gasteiger partial charge in [-0.2, -0.15) is 13.2 Å². The number of nitrogens with zero attached hydrogens (tertiary/aromatic N) is 6. The summed E-state index contributed by atoms with van der Waals surface area (Å²) in [4.78, 5) is 15.8. The average molecular weight is 555 g/mol. The summed E-state index contributed by atoms with van der Waals surface area (Å²) in [6, 6.07) is 8.58. The molecule has 0 spiro atoms. The van der Waals surface area contributed by atoms with Crippen LogP contribution in [0.25, 0.3) is 11.2 Å². The number of fused-ring (bicyclic) bond motifs is 1. The Morgan fingerprint density at radius 3 is 2.65 bits per heavy atom. The molecule has 0 amide bonds. The summed E-state index contributed by atoms with van der Waals surface area (Å²) in [5.74, 6) is 1.28. The molecule has 40 heavy (non-hydrogen) atoms. The lowest BCUT2D eigenvalue weighted by Crippen LogP contribution is -2.48. The van der Waals surface area contributed by atoms with Crippen LogP contribution in [0.1, 0.15) is 55.1 Å². The van der Waals surface area contributed by atoms with Gasteiger partial charge in [-0.1, -0.05) is 19.1 Å². The van der Waals surface area contributed by atoms with Gasteiger partial charge in [0.05, 0.1) is 28.3 Å². The monoisotopic (exact) mass is 554 g/mol. The third-order valence-corrected chi connectivity index (χ3v) is 8.58. The Morgan fingerprint density at radius 2 is 1.98 bits per heavy atom. The molecule has 1 aromatic carbocycles. The molecule has 0 bridgehead atoms. The van der Waals surface area contributed by atoms with Crippen molar-refractivity contribution in [1.82, 2.24) is 28.6 Å². The second-order valence-electron chi connectivity index (χ2n) is 11.4. The van der Waals surface area contributed by atoms with Gasteiger partial charge < -0.3 is 9.30 Å². The topological polar surface area (TPSA) is 69.6 Å². The molecule has 2 fully saturated rings. The molecule has 1 atom stereocenters. The quantitative estimate of drug-likeness (QED) is 0.350. The highest BCUT2D eigenvalue weighted by molar-refractivity contribution is 5.58. The van der Waals surface area contributed by atoms with Crippen LogP contribution >= 0.6 is 0 Å². The molecule has 0 radical (unpaired) electrons. The molecule has 1 aliphatic heterocycles. The molecule has 8 nitrogen and oxygen atoms in total. The van der Waals surface area contributed by atoms with E-state index >= 15 is 0 Å². The predicted molar refractivity (Wildman–Crippen MR) is 143 cm³/mol. The minimum atomic E-state index is -4.60. The molecule has 6 rings (SSSR count). The zero-order valence-corrected chi connectivity index (χ0v) is 22.9. The van der Waals surface area contributed by atoms with Crippen LogP contribution in [-0.2, 0) is 29.9 Å². The van der Waals surface area contributed by atoms with Crippen molar-refractivity contribution in [1.29, 1.82) is 0 Å². The van der Waals surface area contributed by atoms with E-state index in [2.05, 4.69) is 22.0 Å². The lowest BCUT2D eigenvalue weighted by atomic mass is 9.62. The van der Waals surface area contributed by atoms with E-state index in [0.29, 0.717) is 36.6 Å². The molecule has 0 unspecified atom stereocenters. The standard InChI is InChI=1S/C29H33F3N6O2/c1-19-6-5-9-36(14-19)15-20-10-24(29(30,31)32)25-17-37(27(39)38(25)16-20)22-8-4-7-21(11-22)28(12-23(13-28)40-3)26-34-33-18-35(26)2/h4,7-8,10-11,16-19,23H,5-6,9,12-15H2,1-3H3/t19-,23?,28?/m0/s1. The predicted octanol–water partition coefficient (Wildman–Crippen LogP) is 4.56. The maximum absolute atomic E-state index is 14.3. The zero-order valence-electron chi connectivity index (χ0n) is 22.9. The van der Waals surface area contributed by atoms with Gasteiger partial charge in [-0.25, -0.2) is 4.79 Å². The van der Waals surface area contributed by atoms with Crippen molar-refractivity contribution in [2.45, 2.75) is 56.8 Å². The van der Waals surface area contributed by atoms with Gasteiger partial charge in [0.2, 0.25) is 0 Å². The number of aryl methyl sites for hydroxylation is 1. The number of hydrogen-bond donors (Lipinski definition) is 0. The van der Waals surface area contributed by atoms with E-state index in [1.165, 1.54) is 16.8 Å². The Labute approximate surface area is 230 Å². The maximum Gasteiger partial charge on any atom is 0.418 e. The Hall–Kier alpha value is -3.44. The zero-order chi connectivity index (χ0) is 28.2. The normalized spacial score (nSPS) is 23.9. The molecule has 0 N–H and O–H groups in total. The van der Waals surface area contributed by atoms with Crippen LogP contribution in [0.15, 0.2) is 53.8 Å². The number of ether oxygens (including phenoxy) is 1. The number of pyridine rings is 1. The van der Waals surface area contributed by atoms with Crippen molar-refractivity contribution >= 4 is 5.52 Å². The van der Waals surface area contributed by atoms with Crippen LogP contribution in [0.4, 0.5) is 13.2 Å². The van der Waals surface area contributed by atoms with Crippen molar-refractivity contribution in [3.8, 4) is 5.69 Å². The van der Waals surface area contributed by atoms with E-state index in [-0.39, 0.29) is 11.6 Å². The first-order valence-electron chi connectivity index (χ1n) is 13.6. The van der Waals surface area contributed by atoms with Crippen molar-refractivity contribution in [3.05, 3.63) is 82.1 Å². The Bertz CT molecular complexity index is 1600. The number of alkyl halides is 3. The number of hydrogen-bond acceptors (Lipinski definition) is 5. The van der Waals surface area contributed by atoms with Crippen molar-refractivity contribution in [2.75, 3.05) is 20.2 Å². The SMILES string of the molecule is COC1CC(c2cccc(-n3cc4c(C(F)(F)F)cc(CN5CCC[C@H](C)C5)cn4c3=O)c2)(c2nncn2C)C1. The molecule has 2 aliphatic rings. The summed E-state index contributed by atoms with van der Waals surface area (Å²) in [6.45, 7) is 4.20. The summed E-state index contributed by atoms with van der Waals surface area (Å²) >= 11 is 0. The molecule has 1 saturated carbocycles. The van der Waals surface area contributed by atoms with Gasteiger partial charge in [0, 0.05) is 39.6 Å². The van der Waals surface area contributed by atoms with E-state index in [0.717, 1.165) is 41.7 Å². The van der Waals surface area contributed by atoms with Crippen LogP contribution in [0.5, 0.6) is 0 Å². The van der Waals surface area contributed by atoms with E-state index < -0.39 is 22.8 Å². The minimum absolute atomic E-state index is 0.0517. The maximum atomic E-state index is 14.3. The molecular weight excluding hydrogens is 521 g/mol. The fourth-order valence-electron chi connectivity index (χ4n) is 6.53. The van der Waals surface area contributed by atoms with Crippen molar-refractivity contribution in [2.24, 2.45) is 13.0 Å². The molecule has 1 aliphatic carbocycles. The molecule has 11 heteroatoms. The van der Waals surface area contributed by atoms with Gasteiger partial charge >= 0.3 is 11.9 Å². The first kappa shape index (κ1) is 26.8. The number of imidazole rings is 1. The second-order valence-corrected chi connectivity index (χ2v) is 11.4. The summed E-state index contributed by atoms with van der Waals surface area (Å²) in [7, 11) is 3.55. The lowest BCUT2D eigenvalue weighted by molar-refractivity contribution is -0.136. The van der Waals surface area contributed by atoms with E-state index in [1.54, 1.807) is 25.7 Å². The number of benzene rings is 1.